The van der Waals surface area contributed by atoms with Gasteiger partial charge < -0.3 is 18.6 Å². The lowest BCUT2D eigenvalue weighted by Gasteiger charge is -2.27. The Bertz CT molecular complexity index is 660. The van der Waals surface area contributed by atoms with Crippen molar-refractivity contribution in [3.8, 4) is 0 Å². The molecule has 4 rings (SSSR count). The van der Waals surface area contributed by atoms with Gasteiger partial charge in [-0.05, 0) is 30.9 Å². The highest BCUT2D eigenvalue weighted by Crippen LogP contribution is 2.29. The summed E-state index contributed by atoms with van der Waals surface area (Å²) in [6.07, 6.45) is 4.07. The van der Waals surface area contributed by atoms with Crippen molar-refractivity contribution in [2.45, 2.75) is 32.5 Å². The summed E-state index contributed by atoms with van der Waals surface area (Å²) in [5.41, 5.74) is 0. The van der Waals surface area contributed by atoms with E-state index >= 15 is 0 Å². The number of carbonyl (C=O) groups excluding carboxylic acids is 1. The summed E-state index contributed by atoms with van der Waals surface area (Å²) in [7, 11) is 0. The van der Waals surface area contributed by atoms with Gasteiger partial charge in [-0.3, -0.25) is 4.79 Å². The van der Waals surface area contributed by atoms with E-state index in [1.165, 1.54) is 19.1 Å². The van der Waals surface area contributed by atoms with Crippen molar-refractivity contribution in [1.29, 1.82) is 0 Å². The first-order chi connectivity index (χ1) is 10.8. The molecule has 2 aromatic heterocycles. The summed E-state index contributed by atoms with van der Waals surface area (Å²) < 4.78 is 12.9. The molecule has 7 nitrogen and oxygen atoms in total. The summed E-state index contributed by atoms with van der Waals surface area (Å²) in [5.74, 6) is 2.65. The predicted molar refractivity (Wildman–Crippen MR) is 75.9 cm³/mol. The average molecular weight is 302 g/mol. The summed E-state index contributed by atoms with van der Waals surface area (Å²) in [4.78, 5) is 14.0. The second kappa shape index (κ2) is 5.57. The smallest absolute Gasteiger partial charge is 0.290 e. The summed E-state index contributed by atoms with van der Waals surface area (Å²) >= 11 is 0. The van der Waals surface area contributed by atoms with E-state index in [-0.39, 0.29) is 5.91 Å². The third-order valence-electron chi connectivity index (χ3n) is 4.13. The monoisotopic (exact) mass is 302 g/mol. The van der Waals surface area contributed by atoms with Crippen molar-refractivity contribution in [2.75, 3.05) is 13.2 Å². The Kier molecular flexibility index (Phi) is 3.42. The zero-order chi connectivity index (χ0) is 14.9. The van der Waals surface area contributed by atoms with Crippen LogP contribution in [0.5, 0.6) is 0 Å². The van der Waals surface area contributed by atoms with Gasteiger partial charge in [0.05, 0.1) is 12.8 Å². The van der Waals surface area contributed by atoms with E-state index in [1.54, 1.807) is 17.0 Å². The van der Waals surface area contributed by atoms with Crippen LogP contribution in [0, 0.1) is 5.92 Å². The quantitative estimate of drug-likeness (QED) is 0.836. The van der Waals surface area contributed by atoms with E-state index < -0.39 is 0 Å². The van der Waals surface area contributed by atoms with Crippen molar-refractivity contribution in [3.05, 3.63) is 35.8 Å². The Morgan fingerprint density at radius 3 is 3.05 bits per heavy atom. The van der Waals surface area contributed by atoms with Gasteiger partial charge in [0.2, 0.25) is 0 Å². The van der Waals surface area contributed by atoms with Crippen LogP contribution >= 0.6 is 0 Å². The van der Waals surface area contributed by atoms with E-state index in [4.69, 9.17) is 9.15 Å². The van der Waals surface area contributed by atoms with Gasteiger partial charge in [0, 0.05) is 19.7 Å². The first kappa shape index (κ1) is 13.5. The van der Waals surface area contributed by atoms with Crippen LogP contribution in [0.3, 0.4) is 0 Å². The van der Waals surface area contributed by atoms with Gasteiger partial charge in [0.1, 0.15) is 6.61 Å². The summed E-state index contributed by atoms with van der Waals surface area (Å²) in [6, 6.07) is 3.40. The second-order valence-electron chi connectivity index (χ2n) is 5.85. The molecule has 7 heteroatoms. The maximum atomic E-state index is 12.3. The van der Waals surface area contributed by atoms with Crippen molar-refractivity contribution in [2.24, 2.45) is 5.92 Å². The molecule has 0 saturated heterocycles. The molecule has 0 atom stereocenters. The molecule has 1 aliphatic heterocycles. The molecular formula is C15H18N4O3. The third kappa shape index (κ3) is 2.64. The number of amides is 1. The fourth-order valence-corrected chi connectivity index (χ4v) is 2.66. The number of rotatable bonds is 5. The maximum Gasteiger partial charge on any atom is 0.290 e. The molecule has 0 aromatic carbocycles. The number of ether oxygens (including phenoxy) is 1. The molecule has 2 aliphatic rings. The van der Waals surface area contributed by atoms with Crippen LogP contribution in [0.4, 0.5) is 0 Å². The van der Waals surface area contributed by atoms with Crippen LogP contribution < -0.4 is 0 Å². The van der Waals surface area contributed by atoms with Crippen molar-refractivity contribution in [3.63, 3.8) is 0 Å². The Hall–Kier alpha value is -2.15. The lowest BCUT2D eigenvalue weighted by atomic mass is 10.3. The molecule has 0 bridgehead atoms. The first-order valence-corrected chi connectivity index (χ1v) is 7.63. The molecule has 22 heavy (non-hydrogen) atoms. The number of furan rings is 1. The van der Waals surface area contributed by atoms with Crippen molar-refractivity contribution < 1.29 is 13.9 Å². The van der Waals surface area contributed by atoms with Crippen molar-refractivity contribution in [1.82, 2.24) is 19.7 Å². The van der Waals surface area contributed by atoms with E-state index in [9.17, 15) is 4.79 Å². The lowest BCUT2D eigenvalue weighted by Crippen LogP contribution is -2.38. The van der Waals surface area contributed by atoms with Gasteiger partial charge in [0.15, 0.2) is 17.4 Å². The number of fused-ring (bicyclic) bond motifs is 1. The van der Waals surface area contributed by atoms with Gasteiger partial charge in [-0.25, -0.2) is 0 Å². The van der Waals surface area contributed by atoms with Gasteiger partial charge in [-0.1, -0.05) is 0 Å². The minimum absolute atomic E-state index is 0.106. The standard InChI is InChI=1S/C15H18N4O3/c20-15(12-2-1-7-22-12)18-5-6-19-13(8-18)16-17-14(19)10-21-9-11-3-4-11/h1-2,7,11H,3-6,8-10H2. The number of hydrogen-bond acceptors (Lipinski definition) is 5. The SMILES string of the molecule is O=C(c1ccco1)N1CCn2c(COCC3CC3)nnc2C1. The minimum atomic E-state index is -0.106. The van der Waals surface area contributed by atoms with Gasteiger partial charge >= 0.3 is 0 Å². The van der Waals surface area contributed by atoms with Crippen molar-refractivity contribution >= 4 is 5.91 Å². The normalized spacial score (nSPS) is 17.5. The number of aromatic nitrogens is 3. The van der Waals surface area contributed by atoms with E-state index in [1.807, 2.05) is 0 Å². The van der Waals surface area contributed by atoms with Gasteiger partial charge in [-0.15, -0.1) is 10.2 Å². The molecule has 116 valence electrons. The number of hydrogen-bond donors (Lipinski definition) is 0. The summed E-state index contributed by atoms with van der Waals surface area (Å²) in [5, 5.41) is 8.39. The molecule has 0 N–H and O–H groups in total. The van der Waals surface area contributed by atoms with E-state index in [2.05, 4.69) is 14.8 Å². The highest BCUT2D eigenvalue weighted by molar-refractivity contribution is 5.91. The molecule has 1 amide bonds. The maximum absolute atomic E-state index is 12.3. The van der Waals surface area contributed by atoms with Gasteiger partial charge in [-0.2, -0.15) is 0 Å². The largest absolute Gasteiger partial charge is 0.459 e. The molecule has 3 heterocycles. The second-order valence-corrected chi connectivity index (χ2v) is 5.85. The molecular weight excluding hydrogens is 284 g/mol. The topological polar surface area (TPSA) is 73.4 Å². The fourth-order valence-electron chi connectivity index (χ4n) is 2.66. The van der Waals surface area contributed by atoms with Crippen LogP contribution in [0.25, 0.3) is 0 Å². The Balaban J connectivity index is 1.41. The highest BCUT2D eigenvalue weighted by atomic mass is 16.5. The van der Waals surface area contributed by atoms with Crippen LogP contribution in [0.1, 0.15) is 35.0 Å². The average Bonchev–Trinajstić information content (AvgIpc) is 3.05. The molecule has 0 unspecified atom stereocenters. The Labute approximate surface area is 127 Å². The molecule has 0 radical (unpaired) electrons. The lowest BCUT2D eigenvalue weighted by molar-refractivity contribution is 0.0666. The molecule has 1 saturated carbocycles. The molecule has 1 aliphatic carbocycles. The molecule has 1 fully saturated rings. The highest BCUT2D eigenvalue weighted by Gasteiger charge is 2.27. The van der Waals surface area contributed by atoms with Crippen LogP contribution in [-0.2, 0) is 24.4 Å². The Morgan fingerprint density at radius 1 is 1.36 bits per heavy atom. The third-order valence-corrected chi connectivity index (χ3v) is 4.13. The zero-order valence-electron chi connectivity index (χ0n) is 12.3. The molecule has 0 spiro atoms. The number of nitrogens with zero attached hydrogens (tertiary/aromatic N) is 4. The zero-order valence-corrected chi connectivity index (χ0v) is 12.3. The summed E-state index contributed by atoms with van der Waals surface area (Å²) in [6.45, 7) is 3.08. The predicted octanol–water partition coefficient (Wildman–Crippen LogP) is 1.45. The van der Waals surface area contributed by atoms with Crippen LogP contribution in [0.2, 0.25) is 0 Å². The van der Waals surface area contributed by atoms with E-state index in [0.29, 0.717) is 32.0 Å². The minimum Gasteiger partial charge on any atom is -0.459 e. The Morgan fingerprint density at radius 2 is 2.27 bits per heavy atom. The molecule has 2 aromatic rings. The fraction of sp³-hybridized carbons (Fsp3) is 0.533. The first-order valence-electron chi connectivity index (χ1n) is 7.63. The van der Waals surface area contributed by atoms with Crippen LogP contribution in [0.15, 0.2) is 22.8 Å². The van der Waals surface area contributed by atoms with Crippen LogP contribution in [-0.4, -0.2) is 38.7 Å². The van der Waals surface area contributed by atoms with E-state index in [0.717, 1.165) is 24.2 Å². The van der Waals surface area contributed by atoms with Gasteiger partial charge in [0.25, 0.3) is 5.91 Å². The number of carbonyl (C=O) groups is 1.